The van der Waals surface area contributed by atoms with Gasteiger partial charge < -0.3 is 15.1 Å². The molecule has 0 aliphatic carbocycles. The highest BCUT2D eigenvalue weighted by molar-refractivity contribution is 6.03. The summed E-state index contributed by atoms with van der Waals surface area (Å²) in [6.45, 7) is 6.86. The van der Waals surface area contributed by atoms with Gasteiger partial charge in [0, 0.05) is 17.3 Å². The summed E-state index contributed by atoms with van der Waals surface area (Å²) >= 11 is 0. The van der Waals surface area contributed by atoms with E-state index >= 15 is 0 Å². The Labute approximate surface area is 119 Å². The largest absolute Gasteiger partial charge is 0.459 e. The molecule has 1 aromatic carbocycles. The minimum atomic E-state index is -0.219. The lowest BCUT2D eigenvalue weighted by Crippen LogP contribution is -2.20. The molecule has 4 heteroatoms. The summed E-state index contributed by atoms with van der Waals surface area (Å²) in [5.74, 6) is 0.138. The molecule has 1 unspecified atom stereocenters. The van der Waals surface area contributed by atoms with Crippen LogP contribution in [0.5, 0.6) is 0 Å². The Bertz CT molecular complexity index is 590. The number of rotatable bonds is 5. The average molecular weight is 272 g/mol. The van der Waals surface area contributed by atoms with Crippen molar-refractivity contribution in [3.8, 4) is 0 Å². The van der Waals surface area contributed by atoms with E-state index in [-0.39, 0.29) is 11.9 Å². The Morgan fingerprint density at radius 1 is 1.30 bits per heavy atom. The highest BCUT2D eigenvalue weighted by atomic mass is 16.3. The van der Waals surface area contributed by atoms with Gasteiger partial charge >= 0.3 is 0 Å². The van der Waals surface area contributed by atoms with E-state index in [1.54, 1.807) is 6.07 Å². The monoisotopic (exact) mass is 272 g/mol. The number of anilines is 1. The second-order valence-corrected chi connectivity index (χ2v) is 4.75. The third-order valence-corrected chi connectivity index (χ3v) is 3.25. The molecular formula is C16H20N2O2. The number of carbonyl (C=O) groups excluding carboxylic acids is 1. The Morgan fingerprint density at radius 2 is 2.05 bits per heavy atom. The van der Waals surface area contributed by atoms with Crippen molar-refractivity contribution in [2.24, 2.45) is 0 Å². The Morgan fingerprint density at radius 3 is 2.70 bits per heavy atom. The molecule has 0 aliphatic heterocycles. The van der Waals surface area contributed by atoms with E-state index in [0.29, 0.717) is 5.76 Å². The third-order valence-electron chi connectivity index (χ3n) is 3.25. The molecule has 0 saturated carbocycles. The van der Waals surface area contributed by atoms with Gasteiger partial charge in [-0.2, -0.15) is 0 Å². The first-order valence-electron chi connectivity index (χ1n) is 6.81. The zero-order valence-electron chi connectivity index (χ0n) is 12.1. The second-order valence-electron chi connectivity index (χ2n) is 4.75. The van der Waals surface area contributed by atoms with E-state index in [2.05, 4.69) is 24.5 Å². The van der Waals surface area contributed by atoms with Crippen molar-refractivity contribution < 1.29 is 9.21 Å². The van der Waals surface area contributed by atoms with Crippen molar-refractivity contribution in [2.45, 2.75) is 26.8 Å². The van der Waals surface area contributed by atoms with E-state index in [0.717, 1.165) is 23.4 Å². The van der Waals surface area contributed by atoms with Crippen molar-refractivity contribution in [3.05, 3.63) is 53.5 Å². The van der Waals surface area contributed by atoms with E-state index in [1.807, 2.05) is 31.2 Å². The van der Waals surface area contributed by atoms with Crippen LogP contribution in [0.1, 0.15) is 41.6 Å². The third kappa shape index (κ3) is 3.08. The number of nitrogens with one attached hydrogen (secondary N) is 2. The van der Waals surface area contributed by atoms with E-state index in [9.17, 15) is 4.79 Å². The van der Waals surface area contributed by atoms with Gasteiger partial charge in [-0.25, -0.2) is 0 Å². The number of carbonyl (C=O) groups is 1. The fraction of sp³-hybridized carbons (Fsp3) is 0.312. The maximum atomic E-state index is 12.2. The molecule has 20 heavy (non-hydrogen) atoms. The molecule has 1 amide bonds. The first-order chi connectivity index (χ1) is 9.63. The van der Waals surface area contributed by atoms with Gasteiger partial charge in [0.1, 0.15) is 0 Å². The normalized spacial score (nSPS) is 12.2. The molecular weight excluding hydrogens is 252 g/mol. The summed E-state index contributed by atoms with van der Waals surface area (Å²) in [5, 5.41) is 6.27. The summed E-state index contributed by atoms with van der Waals surface area (Å²) < 4.78 is 5.22. The molecule has 106 valence electrons. The van der Waals surface area contributed by atoms with Gasteiger partial charge in [0.05, 0.1) is 6.26 Å². The highest BCUT2D eigenvalue weighted by Crippen LogP contribution is 2.23. The van der Waals surface area contributed by atoms with Gasteiger partial charge in [-0.3, -0.25) is 4.79 Å². The molecule has 0 aliphatic rings. The van der Waals surface area contributed by atoms with Crippen LogP contribution in [0.4, 0.5) is 5.69 Å². The molecule has 4 nitrogen and oxygen atoms in total. The van der Waals surface area contributed by atoms with Crippen LogP contribution >= 0.6 is 0 Å². The minimum absolute atomic E-state index is 0.175. The SMILES string of the molecule is CCNC(C)c1ccccc1NC(=O)c1occc1C. The van der Waals surface area contributed by atoms with Crippen LogP contribution < -0.4 is 10.6 Å². The van der Waals surface area contributed by atoms with Crippen LogP contribution in [0.15, 0.2) is 41.0 Å². The summed E-state index contributed by atoms with van der Waals surface area (Å²) in [6.07, 6.45) is 1.53. The molecule has 1 heterocycles. The van der Waals surface area contributed by atoms with Crippen LogP contribution in [0.25, 0.3) is 0 Å². The Balaban J connectivity index is 2.21. The molecule has 2 aromatic rings. The lowest BCUT2D eigenvalue weighted by Gasteiger charge is -2.17. The van der Waals surface area contributed by atoms with Crippen molar-refractivity contribution in [1.82, 2.24) is 5.32 Å². The fourth-order valence-corrected chi connectivity index (χ4v) is 2.19. The predicted molar refractivity (Wildman–Crippen MR) is 79.9 cm³/mol. The lowest BCUT2D eigenvalue weighted by molar-refractivity contribution is 0.0995. The molecule has 2 N–H and O–H groups in total. The smallest absolute Gasteiger partial charge is 0.291 e. The lowest BCUT2D eigenvalue weighted by atomic mass is 10.1. The van der Waals surface area contributed by atoms with Crippen LogP contribution in [-0.4, -0.2) is 12.5 Å². The topological polar surface area (TPSA) is 54.3 Å². The summed E-state index contributed by atoms with van der Waals surface area (Å²) in [4.78, 5) is 12.2. The van der Waals surface area contributed by atoms with Gasteiger partial charge in [0.25, 0.3) is 5.91 Å². The van der Waals surface area contributed by atoms with E-state index < -0.39 is 0 Å². The molecule has 0 bridgehead atoms. The number of aryl methyl sites for hydroxylation is 1. The molecule has 0 spiro atoms. The molecule has 1 aromatic heterocycles. The summed E-state index contributed by atoms with van der Waals surface area (Å²) in [6, 6.07) is 9.75. The number of benzene rings is 1. The molecule has 0 radical (unpaired) electrons. The van der Waals surface area contributed by atoms with Crippen LogP contribution in [0.3, 0.4) is 0 Å². The first kappa shape index (κ1) is 14.3. The predicted octanol–water partition coefficient (Wildman–Crippen LogP) is 3.51. The standard InChI is InChI=1S/C16H20N2O2/c1-4-17-12(3)13-7-5-6-8-14(13)18-16(19)15-11(2)9-10-20-15/h5-10,12,17H,4H2,1-3H3,(H,18,19). The maximum Gasteiger partial charge on any atom is 0.291 e. The fourth-order valence-electron chi connectivity index (χ4n) is 2.19. The van der Waals surface area contributed by atoms with Gasteiger partial charge in [0.2, 0.25) is 0 Å². The second kappa shape index (κ2) is 6.39. The molecule has 0 fully saturated rings. The van der Waals surface area contributed by atoms with Gasteiger partial charge in [0.15, 0.2) is 5.76 Å². The van der Waals surface area contributed by atoms with E-state index in [1.165, 1.54) is 6.26 Å². The molecule has 2 rings (SSSR count). The zero-order chi connectivity index (χ0) is 14.5. The first-order valence-corrected chi connectivity index (χ1v) is 6.81. The number of hydrogen-bond acceptors (Lipinski definition) is 3. The van der Waals surface area contributed by atoms with Crippen LogP contribution in [0.2, 0.25) is 0 Å². The van der Waals surface area contributed by atoms with Crippen LogP contribution in [0, 0.1) is 6.92 Å². The molecule has 0 saturated heterocycles. The Kier molecular flexibility index (Phi) is 4.58. The number of furan rings is 1. The van der Waals surface area contributed by atoms with E-state index in [4.69, 9.17) is 4.42 Å². The van der Waals surface area contributed by atoms with Crippen molar-refractivity contribution in [1.29, 1.82) is 0 Å². The van der Waals surface area contributed by atoms with Crippen molar-refractivity contribution >= 4 is 11.6 Å². The van der Waals surface area contributed by atoms with Gasteiger partial charge in [-0.15, -0.1) is 0 Å². The summed E-state index contributed by atoms with van der Waals surface area (Å²) in [7, 11) is 0. The van der Waals surface area contributed by atoms with Crippen LogP contribution in [-0.2, 0) is 0 Å². The highest BCUT2D eigenvalue weighted by Gasteiger charge is 2.16. The quantitative estimate of drug-likeness (QED) is 0.875. The van der Waals surface area contributed by atoms with Gasteiger partial charge in [-0.05, 0) is 38.1 Å². The van der Waals surface area contributed by atoms with Crippen molar-refractivity contribution in [2.75, 3.05) is 11.9 Å². The number of hydrogen-bond donors (Lipinski definition) is 2. The van der Waals surface area contributed by atoms with Crippen molar-refractivity contribution in [3.63, 3.8) is 0 Å². The maximum absolute atomic E-state index is 12.2. The molecule has 1 atom stereocenters. The minimum Gasteiger partial charge on any atom is -0.459 e. The summed E-state index contributed by atoms with van der Waals surface area (Å²) in [5.41, 5.74) is 2.70. The number of para-hydroxylation sites is 1. The van der Waals surface area contributed by atoms with Gasteiger partial charge in [-0.1, -0.05) is 25.1 Å². The average Bonchev–Trinajstić information content (AvgIpc) is 2.86. The number of amides is 1. The zero-order valence-corrected chi connectivity index (χ0v) is 12.1. The Hall–Kier alpha value is -2.07.